The van der Waals surface area contributed by atoms with Crippen molar-refractivity contribution in [1.82, 2.24) is 0 Å². The summed E-state index contributed by atoms with van der Waals surface area (Å²) in [5, 5.41) is 7.55. The Morgan fingerprint density at radius 3 is 1.58 bits per heavy atom. The lowest BCUT2D eigenvalue weighted by molar-refractivity contribution is 0.563. The van der Waals surface area contributed by atoms with Gasteiger partial charge in [0.2, 0.25) is 6.08 Å². The highest BCUT2D eigenvalue weighted by molar-refractivity contribution is 7.13. The van der Waals surface area contributed by atoms with E-state index in [9.17, 15) is 0 Å². The molecule has 4 rings (SSSR count). The molecule has 3 aromatic carbocycles. The number of thiophene rings is 1. The lowest BCUT2D eigenvalue weighted by atomic mass is 9.91. The van der Waals surface area contributed by atoms with Crippen LogP contribution in [0.1, 0.15) is 0 Å². The van der Waals surface area contributed by atoms with E-state index in [1.807, 2.05) is 0 Å². The fourth-order valence-corrected chi connectivity index (χ4v) is 3.75. The molecule has 1 heterocycles. The van der Waals surface area contributed by atoms with Gasteiger partial charge in [-0.1, -0.05) is 84.9 Å². The molecule has 0 fully saturated rings. The van der Waals surface area contributed by atoms with Gasteiger partial charge in [0.25, 0.3) is 0 Å². The van der Waals surface area contributed by atoms with Gasteiger partial charge >= 0.3 is 0 Å². The summed E-state index contributed by atoms with van der Waals surface area (Å²) in [5.41, 5.74) is 6.41. The maximum Gasteiger partial charge on any atom is 0.231 e. The van der Waals surface area contributed by atoms with Crippen LogP contribution in [0.25, 0.3) is 32.7 Å². The highest BCUT2D eigenvalue weighted by Gasteiger charge is 2.14. The van der Waals surface area contributed by atoms with Crippen LogP contribution >= 0.6 is 11.3 Å². The predicted molar refractivity (Wildman–Crippen MR) is 109 cm³/mol. The van der Waals surface area contributed by atoms with Crippen molar-refractivity contribution in [3.05, 3.63) is 96.4 Å². The predicted octanol–water partition coefficient (Wildman–Crippen LogP) is 6.65. The number of benzene rings is 3. The van der Waals surface area contributed by atoms with Gasteiger partial charge in [-0.15, -0.1) is 11.3 Å². The van der Waals surface area contributed by atoms with Gasteiger partial charge in [0.05, 0.1) is 0 Å². The van der Waals surface area contributed by atoms with Crippen LogP contribution in [0.4, 0.5) is 0 Å². The van der Waals surface area contributed by atoms with E-state index in [0.29, 0.717) is 0 Å². The molecule has 3 heteroatoms. The SMILES string of the molecule is N=C=O.c1ccc(-c2cccc(-c3ccccc3)c2-c2cccs2)cc1. The Kier molecular flexibility index (Phi) is 5.89. The largest absolute Gasteiger partial charge is 0.231 e. The summed E-state index contributed by atoms with van der Waals surface area (Å²) in [4.78, 5) is 9.66. The van der Waals surface area contributed by atoms with Crippen molar-refractivity contribution in [2.24, 2.45) is 0 Å². The van der Waals surface area contributed by atoms with E-state index in [0.717, 1.165) is 6.08 Å². The third kappa shape index (κ3) is 3.86. The topological polar surface area (TPSA) is 40.9 Å². The quantitative estimate of drug-likeness (QED) is 0.324. The van der Waals surface area contributed by atoms with Gasteiger partial charge in [-0.3, -0.25) is 0 Å². The van der Waals surface area contributed by atoms with Gasteiger partial charge in [0.15, 0.2) is 0 Å². The molecule has 0 aliphatic rings. The fraction of sp³-hybridized carbons (Fsp3) is 0. The average molecular weight is 355 g/mol. The molecule has 0 bridgehead atoms. The van der Waals surface area contributed by atoms with Crippen LogP contribution in [0.2, 0.25) is 0 Å². The molecule has 0 aliphatic heterocycles. The maximum absolute atomic E-state index is 8.35. The molecule has 0 amide bonds. The number of rotatable bonds is 3. The van der Waals surface area contributed by atoms with E-state index in [1.165, 1.54) is 32.7 Å². The second kappa shape index (κ2) is 8.72. The molecule has 0 unspecified atom stereocenters. The van der Waals surface area contributed by atoms with Crippen molar-refractivity contribution >= 4 is 17.4 Å². The van der Waals surface area contributed by atoms with Crippen LogP contribution in [0, 0.1) is 5.41 Å². The van der Waals surface area contributed by atoms with Crippen LogP contribution in [0.3, 0.4) is 0 Å². The van der Waals surface area contributed by atoms with Crippen LogP contribution in [-0.4, -0.2) is 6.08 Å². The molecule has 1 N–H and O–H groups in total. The number of carbonyl (C=O) groups excluding carboxylic acids is 1. The number of nitrogens with one attached hydrogen (secondary N) is 1. The summed E-state index contributed by atoms with van der Waals surface area (Å²) >= 11 is 1.79. The Morgan fingerprint density at radius 1 is 0.654 bits per heavy atom. The van der Waals surface area contributed by atoms with E-state index in [-0.39, 0.29) is 0 Å². The Labute approximate surface area is 156 Å². The van der Waals surface area contributed by atoms with Crippen molar-refractivity contribution in [2.45, 2.75) is 0 Å². The minimum absolute atomic E-state index is 0.750. The Bertz CT molecular complexity index is 929. The van der Waals surface area contributed by atoms with Crippen molar-refractivity contribution in [3.8, 4) is 32.7 Å². The first-order valence-corrected chi connectivity index (χ1v) is 9.04. The molecule has 26 heavy (non-hydrogen) atoms. The van der Waals surface area contributed by atoms with Crippen LogP contribution in [0.15, 0.2) is 96.4 Å². The van der Waals surface area contributed by atoms with Gasteiger partial charge in [-0.25, -0.2) is 10.2 Å². The van der Waals surface area contributed by atoms with E-state index in [1.54, 1.807) is 11.3 Å². The number of hydrogen-bond donors (Lipinski definition) is 1. The minimum Gasteiger partial charge on any atom is -0.222 e. The molecule has 1 aromatic heterocycles. The van der Waals surface area contributed by atoms with Gasteiger partial charge in [-0.05, 0) is 33.7 Å². The first-order chi connectivity index (χ1) is 12.8. The molecule has 0 saturated carbocycles. The van der Waals surface area contributed by atoms with Crippen LogP contribution in [-0.2, 0) is 4.79 Å². The zero-order valence-electron chi connectivity index (χ0n) is 14.1. The van der Waals surface area contributed by atoms with Crippen molar-refractivity contribution in [3.63, 3.8) is 0 Å². The van der Waals surface area contributed by atoms with E-state index in [2.05, 4.69) is 96.4 Å². The summed E-state index contributed by atoms with van der Waals surface area (Å²) in [5.74, 6) is 0. The smallest absolute Gasteiger partial charge is 0.222 e. The molecular weight excluding hydrogens is 338 g/mol. The molecular formula is C23H17NOS. The molecule has 0 atom stereocenters. The summed E-state index contributed by atoms with van der Waals surface area (Å²) in [6, 6.07) is 32.2. The van der Waals surface area contributed by atoms with Crippen LogP contribution in [0.5, 0.6) is 0 Å². The van der Waals surface area contributed by atoms with E-state index in [4.69, 9.17) is 10.2 Å². The third-order valence-corrected chi connectivity index (χ3v) is 4.89. The van der Waals surface area contributed by atoms with E-state index >= 15 is 0 Å². The van der Waals surface area contributed by atoms with Gasteiger partial charge in [0, 0.05) is 10.4 Å². The van der Waals surface area contributed by atoms with Gasteiger partial charge < -0.3 is 0 Å². The van der Waals surface area contributed by atoms with Crippen molar-refractivity contribution in [2.75, 3.05) is 0 Å². The molecule has 0 radical (unpaired) electrons. The average Bonchev–Trinajstić information content (AvgIpc) is 3.24. The number of hydrogen-bond acceptors (Lipinski definition) is 3. The van der Waals surface area contributed by atoms with E-state index < -0.39 is 0 Å². The first-order valence-electron chi connectivity index (χ1n) is 8.16. The molecule has 4 aromatic rings. The lowest BCUT2D eigenvalue weighted by Crippen LogP contribution is -1.88. The highest BCUT2D eigenvalue weighted by atomic mass is 32.1. The monoisotopic (exact) mass is 355 g/mol. The molecule has 126 valence electrons. The zero-order valence-corrected chi connectivity index (χ0v) is 14.9. The summed E-state index contributed by atoms with van der Waals surface area (Å²) < 4.78 is 0. The van der Waals surface area contributed by atoms with Crippen molar-refractivity contribution in [1.29, 1.82) is 5.41 Å². The Balaban J connectivity index is 0.000000613. The second-order valence-electron chi connectivity index (χ2n) is 5.54. The zero-order chi connectivity index (χ0) is 18.2. The highest BCUT2D eigenvalue weighted by Crippen LogP contribution is 2.41. The molecule has 0 aliphatic carbocycles. The Morgan fingerprint density at radius 2 is 1.15 bits per heavy atom. The maximum atomic E-state index is 8.35. The normalized spacial score (nSPS) is 9.69. The fourth-order valence-electron chi connectivity index (χ4n) is 2.96. The summed E-state index contributed by atoms with van der Waals surface area (Å²) in [6.45, 7) is 0. The second-order valence-corrected chi connectivity index (χ2v) is 6.49. The van der Waals surface area contributed by atoms with Gasteiger partial charge in [0.1, 0.15) is 0 Å². The minimum atomic E-state index is 0.750. The first kappa shape index (κ1) is 17.6. The van der Waals surface area contributed by atoms with Crippen molar-refractivity contribution < 1.29 is 4.79 Å². The molecule has 0 saturated heterocycles. The standard InChI is InChI=1S/C22H16S.CHNO/c1-3-9-17(10-4-1)19-13-7-14-20(18-11-5-2-6-12-18)22(19)21-15-8-16-23-21;2-1-3/h1-16H;2H. The summed E-state index contributed by atoms with van der Waals surface area (Å²) in [6.07, 6.45) is 0.750. The molecule has 2 nitrogen and oxygen atoms in total. The number of isocyanates is 1. The van der Waals surface area contributed by atoms with Gasteiger partial charge in [-0.2, -0.15) is 0 Å². The molecule has 0 spiro atoms. The third-order valence-electron chi connectivity index (χ3n) is 4.00. The van der Waals surface area contributed by atoms with Crippen LogP contribution < -0.4 is 0 Å². The lowest BCUT2D eigenvalue weighted by Gasteiger charge is -2.14. The Hall–Kier alpha value is -3.26. The summed E-state index contributed by atoms with van der Waals surface area (Å²) in [7, 11) is 0.